The molecule has 1 N–H and O–H groups in total. The van der Waals surface area contributed by atoms with Crippen LogP contribution >= 0.6 is 0 Å². The molecule has 118 valence electrons. The largest absolute Gasteiger partial charge is 0.481 e. The van der Waals surface area contributed by atoms with Crippen LogP contribution in [-0.2, 0) is 20.6 Å². The van der Waals surface area contributed by atoms with Gasteiger partial charge in [0.1, 0.15) is 17.2 Å². The first-order chi connectivity index (χ1) is 9.67. The number of hydrogen-bond acceptors (Lipinski definition) is 5. The van der Waals surface area contributed by atoms with E-state index in [1.54, 1.807) is 13.0 Å². The molecule has 1 atom stereocenters. The Labute approximate surface area is 124 Å². The van der Waals surface area contributed by atoms with Gasteiger partial charge >= 0.3 is 5.97 Å². The van der Waals surface area contributed by atoms with Crippen molar-refractivity contribution in [2.24, 2.45) is 11.3 Å². The molecule has 0 bridgehead atoms. The molecule has 8 heteroatoms. The van der Waals surface area contributed by atoms with E-state index in [1.807, 2.05) is 13.8 Å². The van der Waals surface area contributed by atoms with Crippen LogP contribution in [-0.4, -0.2) is 42.0 Å². The van der Waals surface area contributed by atoms with Gasteiger partial charge in [0.2, 0.25) is 10.0 Å². The topological polar surface area (TPSA) is 101 Å². The first kappa shape index (κ1) is 16.0. The van der Waals surface area contributed by atoms with E-state index < -0.39 is 21.4 Å². The summed E-state index contributed by atoms with van der Waals surface area (Å²) >= 11 is 0. The number of aliphatic carboxylic acids is 1. The van der Waals surface area contributed by atoms with E-state index in [1.165, 1.54) is 4.31 Å². The fourth-order valence-electron chi connectivity index (χ4n) is 2.69. The second-order valence-corrected chi connectivity index (χ2v) is 7.85. The van der Waals surface area contributed by atoms with Gasteiger partial charge in [0.15, 0.2) is 0 Å². The molecule has 1 saturated heterocycles. The lowest BCUT2D eigenvalue weighted by Gasteiger charge is -2.28. The average Bonchev–Trinajstić information content (AvgIpc) is 2.96. The first-order valence-electron chi connectivity index (χ1n) is 6.81. The summed E-state index contributed by atoms with van der Waals surface area (Å²) in [4.78, 5) is 11.6. The summed E-state index contributed by atoms with van der Waals surface area (Å²) < 4.78 is 30.9. The molecule has 1 unspecified atom stereocenters. The molecule has 0 amide bonds. The SMILES string of the molecule is Cc1cc(CS(=O)(=O)N2CCC(C(=O)O)(C(C)C)C2)no1. The maximum atomic E-state index is 12.4. The number of carboxylic acid groups (broad SMARTS) is 1. The second-order valence-electron chi connectivity index (χ2n) is 5.88. The maximum Gasteiger partial charge on any atom is 0.311 e. The van der Waals surface area contributed by atoms with Crippen LogP contribution in [0.1, 0.15) is 31.7 Å². The van der Waals surface area contributed by atoms with Crippen LogP contribution in [0.25, 0.3) is 0 Å². The molecule has 2 rings (SSSR count). The summed E-state index contributed by atoms with van der Waals surface area (Å²) in [6, 6.07) is 1.57. The molecule has 0 aromatic carbocycles. The zero-order valence-corrected chi connectivity index (χ0v) is 13.2. The zero-order chi connectivity index (χ0) is 15.8. The smallest absolute Gasteiger partial charge is 0.311 e. The average molecular weight is 316 g/mol. The third kappa shape index (κ3) is 2.96. The number of aromatic nitrogens is 1. The fourth-order valence-corrected chi connectivity index (χ4v) is 4.18. The van der Waals surface area contributed by atoms with E-state index in [0.717, 1.165) is 0 Å². The number of aryl methyl sites for hydroxylation is 1. The second kappa shape index (κ2) is 5.42. The van der Waals surface area contributed by atoms with Gasteiger partial charge in [-0.15, -0.1) is 0 Å². The highest BCUT2D eigenvalue weighted by atomic mass is 32.2. The first-order valence-corrected chi connectivity index (χ1v) is 8.42. The molecule has 1 aliphatic rings. The standard InChI is InChI=1S/C13H20N2O5S/c1-9(2)13(12(16)17)4-5-15(8-13)21(18,19)7-11-6-10(3)20-14-11/h6,9H,4-5,7-8H2,1-3H3,(H,16,17). The van der Waals surface area contributed by atoms with Crippen molar-refractivity contribution >= 4 is 16.0 Å². The van der Waals surface area contributed by atoms with Crippen molar-refractivity contribution in [3.63, 3.8) is 0 Å². The van der Waals surface area contributed by atoms with Crippen molar-refractivity contribution in [2.75, 3.05) is 13.1 Å². The molecule has 7 nitrogen and oxygen atoms in total. The normalized spacial score (nSPS) is 23.8. The Morgan fingerprint density at radius 1 is 1.57 bits per heavy atom. The summed E-state index contributed by atoms with van der Waals surface area (Å²) in [5.74, 6) is -0.793. The molecular formula is C13H20N2O5S. The Morgan fingerprint density at radius 2 is 2.24 bits per heavy atom. The summed E-state index contributed by atoms with van der Waals surface area (Å²) in [6.07, 6.45) is 0.330. The van der Waals surface area contributed by atoms with Gasteiger partial charge in [-0.3, -0.25) is 4.79 Å². The number of rotatable bonds is 5. The van der Waals surface area contributed by atoms with E-state index >= 15 is 0 Å². The summed E-state index contributed by atoms with van der Waals surface area (Å²) in [6.45, 7) is 5.55. The van der Waals surface area contributed by atoms with Crippen LogP contribution in [0, 0.1) is 18.3 Å². The predicted octanol–water partition coefficient (Wildman–Crippen LogP) is 1.25. The fraction of sp³-hybridized carbons (Fsp3) is 0.692. The van der Waals surface area contributed by atoms with Gasteiger partial charge in [0, 0.05) is 19.2 Å². The van der Waals surface area contributed by atoms with Crippen molar-refractivity contribution in [3.05, 3.63) is 17.5 Å². The molecule has 0 aliphatic carbocycles. The molecule has 1 fully saturated rings. The third-order valence-electron chi connectivity index (χ3n) is 4.20. The number of sulfonamides is 1. The summed E-state index contributed by atoms with van der Waals surface area (Å²) in [5, 5.41) is 13.1. The van der Waals surface area contributed by atoms with Crippen molar-refractivity contribution in [2.45, 2.75) is 32.9 Å². The molecule has 0 saturated carbocycles. The Hall–Kier alpha value is -1.41. The van der Waals surface area contributed by atoms with Crippen molar-refractivity contribution in [1.29, 1.82) is 0 Å². The molecule has 0 spiro atoms. The van der Waals surface area contributed by atoms with Gasteiger partial charge in [-0.05, 0) is 19.3 Å². The molecular weight excluding hydrogens is 296 g/mol. The predicted molar refractivity (Wildman–Crippen MR) is 75.0 cm³/mol. The Bertz CT molecular complexity index is 637. The van der Waals surface area contributed by atoms with E-state index in [9.17, 15) is 18.3 Å². The van der Waals surface area contributed by atoms with Crippen molar-refractivity contribution in [3.8, 4) is 0 Å². The third-order valence-corrected chi connectivity index (χ3v) is 5.96. The lowest BCUT2D eigenvalue weighted by Crippen LogP contribution is -2.40. The van der Waals surface area contributed by atoms with Crippen LogP contribution in [0.3, 0.4) is 0 Å². The minimum absolute atomic E-state index is 0.0131. The molecule has 0 radical (unpaired) electrons. The quantitative estimate of drug-likeness (QED) is 0.877. The van der Waals surface area contributed by atoms with Crippen LogP contribution in [0.5, 0.6) is 0 Å². The highest BCUT2D eigenvalue weighted by Gasteiger charge is 2.50. The molecule has 1 aromatic heterocycles. The molecule has 21 heavy (non-hydrogen) atoms. The van der Waals surface area contributed by atoms with Gasteiger partial charge in [0.05, 0.1) is 5.41 Å². The Kier molecular flexibility index (Phi) is 4.12. The Morgan fingerprint density at radius 3 is 2.67 bits per heavy atom. The Balaban J connectivity index is 2.18. The highest BCUT2D eigenvalue weighted by Crippen LogP contribution is 2.39. The van der Waals surface area contributed by atoms with Crippen molar-refractivity contribution < 1.29 is 22.8 Å². The highest BCUT2D eigenvalue weighted by molar-refractivity contribution is 7.88. The van der Waals surface area contributed by atoms with E-state index in [0.29, 0.717) is 17.9 Å². The van der Waals surface area contributed by atoms with E-state index in [4.69, 9.17) is 4.52 Å². The van der Waals surface area contributed by atoms with E-state index in [-0.39, 0.29) is 24.8 Å². The summed E-state index contributed by atoms with van der Waals surface area (Å²) in [7, 11) is -3.59. The van der Waals surface area contributed by atoms with Gasteiger partial charge < -0.3 is 9.63 Å². The van der Waals surface area contributed by atoms with Gasteiger partial charge in [0.25, 0.3) is 0 Å². The number of carbonyl (C=O) groups is 1. The van der Waals surface area contributed by atoms with Crippen LogP contribution in [0.4, 0.5) is 0 Å². The molecule has 1 aromatic rings. The molecule has 2 heterocycles. The number of nitrogens with zero attached hydrogens (tertiary/aromatic N) is 2. The molecule has 1 aliphatic heterocycles. The van der Waals surface area contributed by atoms with Gasteiger partial charge in [-0.25, -0.2) is 12.7 Å². The lowest BCUT2D eigenvalue weighted by molar-refractivity contribution is -0.150. The van der Waals surface area contributed by atoms with E-state index in [2.05, 4.69) is 5.16 Å². The summed E-state index contributed by atoms with van der Waals surface area (Å²) in [5.41, 5.74) is -0.669. The lowest BCUT2D eigenvalue weighted by atomic mass is 9.77. The maximum absolute atomic E-state index is 12.4. The van der Waals surface area contributed by atoms with Gasteiger partial charge in [-0.2, -0.15) is 0 Å². The van der Waals surface area contributed by atoms with Gasteiger partial charge in [-0.1, -0.05) is 19.0 Å². The van der Waals surface area contributed by atoms with Crippen LogP contribution in [0.15, 0.2) is 10.6 Å². The number of hydrogen-bond donors (Lipinski definition) is 1. The van der Waals surface area contributed by atoms with Crippen LogP contribution in [0.2, 0.25) is 0 Å². The minimum atomic E-state index is -3.59. The minimum Gasteiger partial charge on any atom is -0.481 e. The van der Waals surface area contributed by atoms with Crippen LogP contribution < -0.4 is 0 Å². The monoisotopic (exact) mass is 316 g/mol. The zero-order valence-electron chi connectivity index (χ0n) is 12.4. The number of carboxylic acids is 1. The van der Waals surface area contributed by atoms with Crippen molar-refractivity contribution in [1.82, 2.24) is 9.46 Å².